The molecule has 4 aromatic heterocycles. The Balaban J connectivity index is 1.85. The van der Waals surface area contributed by atoms with Gasteiger partial charge in [-0.3, -0.25) is 4.72 Å². The predicted molar refractivity (Wildman–Crippen MR) is 152 cm³/mol. The molecule has 4 heterocycles. The van der Waals surface area contributed by atoms with Crippen molar-refractivity contribution in [3.05, 3.63) is 48.3 Å². The van der Waals surface area contributed by atoms with Crippen molar-refractivity contribution in [2.75, 3.05) is 26.1 Å². The Morgan fingerprint density at radius 2 is 1.62 bits per heavy atom. The number of aryl methyl sites for hydroxylation is 1. The Bertz CT molecular complexity index is 1630. The second-order valence-electron chi connectivity index (χ2n) is 8.87. The number of pyridine rings is 1. The van der Waals surface area contributed by atoms with Gasteiger partial charge in [0, 0.05) is 25.6 Å². The van der Waals surface area contributed by atoms with Gasteiger partial charge in [0.1, 0.15) is 46.9 Å². The topological polar surface area (TPSA) is 178 Å². The van der Waals surface area contributed by atoms with Crippen LogP contribution in [0.15, 0.2) is 36.9 Å². The van der Waals surface area contributed by atoms with Crippen molar-refractivity contribution in [1.82, 2.24) is 39.7 Å². The summed E-state index contributed by atoms with van der Waals surface area (Å²) in [5, 5.41) is 5.05. The summed E-state index contributed by atoms with van der Waals surface area (Å²) >= 11 is 0. The molecule has 0 saturated heterocycles. The largest absolute Gasteiger partial charge is 0.501 e. The first-order valence-corrected chi connectivity index (χ1v) is 13.7. The van der Waals surface area contributed by atoms with Crippen LogP contribution in [0.1, 0.15) is 24.4 Å². The lowest BCUT2D eigenvalue weighted by molar-refractivity contribution is 0.0949. The predicted octanol–water partition coefficient (Wildman–Crippen LogP) is 0.248. The van der Waals surface area contributed by atoms with E-state index in [1.807, 2.05) is 6.92 Å². The third kappa shape index (κ3) is 6.62. The number of methoxy groups -OCH3 is 3. The molecule has 6 radical (unpaired) electrons. The van der Waals surface area contributed by atoms with Crippen molar-refractivity contribution in [2.24, 2.45) is 0 Å². The highest BCUT2D eigenvalue weighted by Crippen LogP contribution is 2.35. The van der Waals surface area contributed by atoms with Crippen LogP contribution in [-0.2, 0) is 14.8 Å². The average Bonchev–Trinajstić information content (AvgIpc) is 3.35. The fourth-order valence-corrected chi connectivity index (χ4v) is 4.91. The molecule has 0 spiro atoms. The van der Waals surface area contributed by atoms with E-state index in [2.05, 4.69) is 39.8 Å². The van der Waals surface area contributed by atoms with Crippen LogP contribution >= 0.6 is 0 Å². The van der Waals surface area contributed by atoms with Crippen LogP contribution in [0.4, 0.5) is 5.95 Å². The van der Waals surface area contributed by atoms with Crippen LogP contribution in [0.25, 0.3) is 17.2 Å². The lowest BCUT2D eigenvalue weighted by Crippen LogP contribution is -2.37. The maximum atomic E-state index is 13.7. The van der Waals surface area contributed by atoms with Gasteiger partial charge < -0.3 is 18.9 Å². The second kappa shape index (κ2) is 12.3. The minimum Gasteiger partial charge on any atom is -0.501 e. The molecular weight excluding hydrogens is 563 g/mol. The van der Waals surface area contributed by atoms with Gasteiger partial charge in [-0.25, -0.2) is 27.9 Å². The van der Waals surface area contributed by atoms with Crippen molar-refractivity contribution in [3.8, 4) is 34.8 Å². The van der Waals surface area contributed by atoms with Gasteiger partial charge in [-0.1, -0.05) is 6.07 Å². The minimum absolute atomic E-state index is 0.0107. The first kappa shape index (κ1) is 30.7. The Labute approximate surface area is 246 Å². The van der Waals surface area contributed by atoms with Gasteiger partial charge in [-0.05, 0) is 30.8 Å². The number of hydrogen-bond acceptors (Lipinski definition) is 13. The molecule has 42 heavy (non-hydrogen) atoms. The Hall–Kier alpha value is -4.25. The Morgan fingerprint density at radius 1 is 0.976 bits per heavy atom. The monoisotopic (exact) mass is 587 g/mol. The van der Waals surface area contributed by atoms with E-state index >= 15 is 0 Å². The fraction of sp³-hybridized carbons (Fsp3) is 0.348. The molecule has 0 amide bonds. The second-order valence-corrected chi connectivity index (χ2v) is 10.9. The molecule has 0 aliphatic heterocycles. The highest BCUT2D eigenvalue weighted by Gasteiger charge is 2.35. The van der Waals surface area contributed by atoms with Gasteiger partial charge in [-0.15, -0.1) is 10.2 Å². The highest BCUT2D eigenvalue weighted by molar-refractivity contribution is 7.93. The maximum Gasteiger partial charge on any atom is 0.245 e. The molecule has 0 bridgehead atoms. The fourth-order valence-electron chi connectivity index (χ4n) is 3.78. The molecule has 0 aromatic carbocycles. The molecule has 0 aliphatic carbocycles. The molecule has 2 atom stereocenters. The number of nitrogens with zero attached hydrogens (tertiary/aromatic N) is 8. The smallest absolute Gasteiger partial charge is 0.245 e. The number of aromatic nitrogens is 8. The van der Waals surface area contributed by atoms with Gasteiger partial charge in [0.2, 0.25) is 33.6 Å². The zero-order chi connectivity index (χ0) is 30.7. The SMILES string of the molecule is [B]C([B])([B])Oc1cccc(-c2nnc(NS(=O)(=O)[C@@H](C)[C@H](OC)c3ncc(C)cn3)n2-c2c(OC)ncnc2OC)n1. The van der Waals surface area contributed by atoms with E-state index < -0.39 is 26.7 Å². The van der Waals surface area contributed by atoms with Crippen molar-refractivity contribution >= 4 is 39.5 Å². The summed E-state index contributed by atoms with van der Waals surface area (Å²) in [6.45, 7) is 3.25. The Kier molecular flexibility index (Phi) is 9.01. The van der Waals surface area contributed by atoms with E-state index in [9.17, 15) is 8.42 Å². The van der Waals surface area contributed by atoms with Gasteiger partial charge in [-0.2, -0.15) is 9.97 Å². The van der Waals surface area contributed by atoms with Crippen LogP contribution < -0.4 is 18.9 Å². The number of hydrogen-bond donors (Lipinski definition) is 1. The highest BCUT2D eigenvalue weighted by atomic mass is 32.2. The summed E-state index contributed by atoms with van der Waals surface area (Å²) in [6, 6.07) is 4.58. The number of anilines is 1. The standard InChI is InChI=1S/C23H24B3N9O6S/c1-12-9-27-18(28-10-12)17(38-3)13(2)42(36,37)34-22-33-32-19(14-7-6-8-15(31-14)41-23(24,25)26)35(22)16-20(39-4)29-11-30-21(16)40-5/h6-11,13,17H,1-5H3,(H,33,34)/t13-,17-/m0/s1. The van der Waals surface area contributed by atoms with Crippen LogP contribution in [-0.4, -0.2) is 104 Å². The number of nitrogens with one attached hydrogen (secondary N) is 1. The lowest BCUT2D eigenvalue weighted by Gasteiger charge is -2.23. The van der Waals surface area contributed by atoms with Gasteiger partial charge >= 0.3 is 0 Å². The quantitative estimate of drug-likeness (QED) is 0.223. The van der Waals surface area contributed by atoms with E-state index in [0.29, 0.717) is 0 Å². The summed E-state index contributed by atoms with van der Waals surface area (Å²) in [4.78, 5) is 21.0. The van der Waals surface area contributed by atoms with Crippen molar-refractivity contribution < 1.29 is 27.4 Å². The average molecular weight is 587 g/mol. The molecule has 19 heteroatoms. The molecule has 0 aliphatic rings. The van der Waals surface area contributed by atoms with E-state index in [1.54, 1.807) is 24.5 Å². The van der Waals surface area contributed by atoms with Crippen molar-refractivity contribution in [3.63, 3.8) is 0 Å². The van der Waals surface area contributed by atoms with Crippen LogP contribution in [0.3, 0.4) is 0 Å². The third-order valence-electron chi connectivity index (χ3n) is 5.72. The third-order valence-corrected chi connectivity index (χ3v) is 7.41. The maximum absolute atomic E-state index is 13.7. The van der Waals surface area contributed by atoms with Gasteiger partial charge in [0.15, 0.2) is 17.3 Å². The number of ether oxygens (including phenoxy) is 4. The molecule has 0 saturated carbocycles. The van der Waals surface area contributed by atoms with Crippen LogP contribution in [0, 0.1) is 6.92 Å². The van der Waals surface area contributed by atoms with Crippen molar-refractivity contribution in [2.45, 2.75) is 30.5 Å². The summed E-state index contributed by atoms with van der Waals surface area (Å²) in [6.07, 6.45) is 3.31. The molecule has 4 aromatic rings. The first-order valence-electron chi connectivity index (χ1n) is 12.1. The van der Waals surface area contributed by atoms with E-state index in [1.165, 1.54) is 45.2 Å². The van der Waals surface area contributed by atoms with E-state index in [-0.39, 0.29) is 46.6 Å². The van der Waals surface area contributed by atoms with Crippen LogP contribution in [0.2, 0.25) is 0 Å². The zero-order valence-corrected chi connectivity index (χ0v) is 24.1. The molecule has 4 rings (SSSR count). The Morgan fingerprint density at radius 3 is 2.19 bits per heavy atom. The summed E-state index contributed by atoms with van der Waals surface area (Å²) in [5.74, 6) is -0.108. The lowest BCUT2D eigenvalue weighted by atomic mass is 9.52. The molecule has 15 nitrogen and oxygen atoms in total. The molecule has 0 unspecified atom stereocenters. The first-order chi connectivity index (χ1) is 19.9. The molecule has 212 valence electrons. The molecular formula is C23H24B3N9O6S. The number of sulfonamides is 1. The van der Waals surface area contributed by atoms with E-state index in [0.717, 1.165) is 5.56 Å². The van der Waals surface area contributed by atoms with Gasteiger partial charge in [0.25, 0.3) is 0 Å². The minimum atomic E-state index is -4.25. The summed E-state index contributed by atoms with van der Waals surface area (Å²) in [7, 11) is 16.5. The molecule has 1 N–H and O–H groups in total. The van der Waals surface area contributed by atoms with Gasteiger partial charge in [0.05, 0.1) is 14.2 Å². The van der Waals surface area contributed by atoms with Crippen molar-refractivity contribution in [1.29, 1.82) is 0 Å². The summed E-state index contributed by atoms with van der Waals surface area (Å²) in [5.41, 5.74) is 1.02. The summed E-state index contributed by atoms with van der Waals surface area (Å²) < 4.78 is 52.7. The molecule has 0 fully saturated rings. The normalized spacial score (nSPS) is 13.3. The number of rotatable bonds is 12. The van der Waals surface area contributed by atoms with E-state index in [4.69, 9.17) is 42.5 Å². The zero-order valence-electron chi connectivity index (χ0n) is 23.3. The van der Waals surface area contributed by atoms with Crippen LogP contribution in [0.5, 0.6) is 17.6 Å².